The van der Waals surface area contributed by atoms with Crippen LogP contribution in [0.5, 0.6) is 0 Å². The Morgan fingerprint density at radius 3 is 2.69 bits per heavy atom. The van der Waals surface area contributed by atoms with Crippen LogP contribution in [0.1, 0.15) is 19.4 Å². The summed E-state index contributed by atoms with van der Waals surface area (Å²) in [5.41, 5.74) is 4.22. The molecule has 1 aromatic carbocycles. The van der Waals surface area contributed by atoms with Crippen LogP contribution in [0, 0.1) is 6.92 Å². The van der Waals surface area contributed by atoms with E-state index in [-0.39, 0.29) is 5.43 Å². The van der Waals surface area contributed by atoms with Crippen molar-refractivity contribution in [3.8, 4) is 11.5 Å². The molecule has 6 nitrogen and oxygen atoms in total. The van der Waals surface area contributed by atoms with Gasteiger partial charge in [0.1, 0.15) is 16.9 Å². The summed E-state index contributed by atoms with van der Waals surface area (Å²) in [6.45, 7) is 8.23. The fourth-order valence-corrected chi connectivity index (χ4v) is 4.21. The molecule has 0 amide bonds. The molecule has 1 fully saturated rings. The zero-order valence-corrected chi connectivity index (χ0v) is 16.8. The second kappa shape index (κ2) is 6.74. The van der Waals surface area contributed by atoms with Crippen LogP contribution in [0.2, 0.25) is 0 Å². The second-order valence-electron chi connectivity index (χ2n) is 8.12. The standard InChI is InChI=1S/C23H24N4O2/c1-14-6-7-26-13-19(25-23(26)8-14)22-10-20(28)18-9-17(4-5-21(18)29-22)27-11-15(2)24-16(3)12-27/h4-10,13,15-16,24H,11-12H2,1-3H3. The topological polar surface area (TPSA) is 62.8 Å². The summed E-state index contributed by atoms with van der Waals surface area (Å²) in [5.74, 6) is 0.487. The number of rotatable bonds is 2. The summed E-state index contributed by atoms with van der Waals surface area (Å²) in [5, 5.41) is 4.14. The average Bonchev–Trinajstić information content (AvgIpc) is 3.10. The number of hydrogen-bond donors (Lipinski definition) is 1. The van der Waals surface area contributed by atoms with Gasteiger partial charge in [-0.1, -0.05) is 0 Å². The molecule has 0 spiro atoms. The fourth-order valence-electron chi connectivity index (χ4n) is 4.21. The summed E-state index contributed by atoms with van der Waals surface area (Å²) in [6, 6.07) is 12.3. The van der Waals surface area contributed by atoms with Crippen molar-refractivity contribution in [1.29, 1.82) is 0 Å². The number of hydrogen-bond acceptors (Lipinski definition) is 5. The zero-order chi connectivity index (χ0) is 20.1. The summed E-state index contributed by atoms with van der Waals surface area (Å²) in [6.07, 6.45) is 3.85. The Hall–Kier alpha value is -3.12. The molecule has 5 rings (SSSR count). The highest BCUT2D eigenvalue weighted by Gasteiger charge is 2.21. The number of piperazine rings is 1. The van der Waals surface area contributed by atoms with Gasteiger partial charge in [-0.2, -0.15) is 0 Å². The molecule has 6 heteroatoms. The van der Waals surface area contributed by atoms with E-state index in [0.29, 0.717) is 34.5 Å². The summed E-state index contributed by atoms with van der Waals surface area (Å²) < 4.78 is 8.00. The van der Waals surface area contributed by atoms with Gasteiger partial charge in [-0.05, 0) is 56.7 Å². The molecule has 0 bridgehead atoms. The maximum atomic E-state index is 12.9. The van der Waals surface area contributed by atoms with Gasteiger partial charge in [0.15, 0.2) is 11.2 Å². The van der Waals surface area contributed by atoms with E-state index in [1.807, 2.05) is 54.0 Å². The van der Waals surface area contributed by atoms with Gasteiger partial charge in [0.05, 0.1) is 5.39 Å². The Kier molecular flexibility index (Phi) is 4.17. The lowest BCUT2D eigenvalue weighted by Crippen LogP contribution is -2.54. The molecule has 2 unspecified atom stereocenters. The number of nitrogens with one attached hydrogen (secondary N) is 1. The molecule has 2 atom stereocenters. The highest BCUT2D eigenvalue weighted by atomic mass is 16.3. The van der Waals surface area contributed by atoms with Crippen LogP contribution in [0.4, 0.5) is 5.69 Å². The Morgan fingerprint density at radius 2 is 1.90 bits per heavy atom. The van der Waals surface area contributed by atoms with Crippen molar-refractivity contribution >= 4 is 22.3 Å². The molecular weight excluding hydrogens is 364 g/mol. The molecule has 1 saturated heterocycles. The van der Waals surface area contributed by atoms with Crippen LogP contribution in [0.25, 0.3) is 28.1 Å². The molecule has 1 aliphatic heterocycles. The van der Waals surface area contributed by atoms with Gasteiger partial charge in [-0.15, -0.1) is 0 Å². The molecule has 148 valence electrons. The predicted octanol–water partition coefficient (Wildman–Crippen LogP) is 3.60. The first-order valence-electron chi connectivity index (χ1n) is 10.0. The first-order chi connectivity index (χ1) is 14.0. The lowest BCUT2D eigenvalue weighted by molar-refractivity contribution is 0.407. The lowest BCUT2D eigenvalue weighted by atomic mass is 10.1. The maximum absolute atomic E-state index is 12.9. The van der Waals surface area contributed by atoms with Crippen molar-refractivity contribution in [1.82, 2.24) is 14.7 Å². The highest BCUT2D eigenvalue weighted by Crippen LogP contribution is 2.26. The van der Waals surface area contributed by atoms with E-state index in [1.165, 1.54) is 0 Å². The quantitative estimate of drug-likeness (QED) is 0.568. The molecule has 1 N–H and O–H groups in total. The predicted molar refractivity (Wildman–Crippen MR) is 116 cm³/mol. The van der Waals surface area contributed by atoms with Crippen molar-refractivity contribution in [2.45, 2.75) is 32.9 Å². The van der Waals surface area contributed by atoms with Gasteiger partial charge in [-0.25, -0.2) is 4.98 Å². The van der Waals surface area contributed by atoms with E-state index in [1.54, 1.807) is 6.07 Å². The molecular formula is C23H24N4O2. The molecule has 3 aromatic heterocycles. The number of anilines is 1. The van der Waals surface area contributed by atoms with Crippen molar-refractivity contribution in [2.75, 3.05) is 18.0 Å². The molecule has 4 heterocycles. The Morgan fingerprint density at radius 1 is 1.10 bits per heavy atom. The highest BCUT2D eigenvalue weighted by molar-refractivity contribution is 5.82. The van der Waals surface area contributed by atoms with Crippen LogP contribution in [0.3, 0.4) is 0 Å². The average molecular weight is 388 g/mol. The second-order valence-corrected chi connectivity index (χ2v) is 8.12. The summed E-state index contributed by atoms with van der Waals surface area (Å²) in [7, 11) is 0. The van der Waals surface area contributed by atoms with Crippen LogP contribution in [0.15, 0.2) is 58.0 Å². The van der Waals surface area contributed by atoms with Crippen molar-refractivity contribution in [3.05, 3.63) is 64.6 Å². The normalized spacial score (nSPS) is 19.9. The van der Waals surface area contributed by atoms with Crippen LogP contribution >= 0.6 is 0 Å². The van der Waals surface area contributed by atoms with E-state index in [4.69, 9.17) is 4.42 Å². The maximum Gasteiger partial charge on any atom is 0.193 e. The van der Waals surface area contributed by atoms with E-state index < -0.39 is 0 Å². The number of fused-ring (bicyclic) bond motifs is 2. The number of benzene rings is 1. The summed E-state index contributed by atoms with van der Waals surface area (Å²) >= 11 is 0. The molecule has 0 saturated carbocycles. The minimum Gasteiger partial charge on any atom is -0.454 e. The third kappa shape index (κ3) is 3.29. The zero-order valence-electron chi connectivity index (χ0n) is 16.8. The van der Waals surface area contributed by atoms with Gasteiger partial charge in [0.25, 0.3) is 0 Å². The lowest BCUT2D eigenvalue weighted by Gasteiger charge is -2.37. The Labute approximate surface area is 168 Å². The van der Waals surface area contributed by atoms with E-state index in [2.05, 4.69) is 29.0 Å². The minimum absolute atomic E-state index is 0.0485. The summed E-state index contributed by atoms with van der Waals surface area (Å²) in [4.78, 5) is 19.8. The first-order valence-corrected chi connectivity index (χ1v) is 10.0. The smallest absolute Gasteiger partial charge is 0.193 e. The first kappa shape index (κ1) is 17.9. The number of imidazole rings is 1. The largest absolute Gasteiger partial charge is 0.454 e. The van der Waals surface area contributed by atoms with E-state index >= 15 is 0 Å². The third-order valence-electron chi connectivity index (χ3n) is 5.50. The monoisotopic (exact) mass is 388 g/mol. The van der Waals surface area contributed by atoms with Gasteiger partial charge >= 0.3 is 0 Å². The number of aryl methyl sites for hydroxylation is 1. The van der Waals surface area contributed by atoms with E-state index in [0.717, 1.165) is 30.0 Å². The van der Waals surface area contributed by atoms with Crippen LogP contribution in [-0.4, -0.2) is 34.6 Å². The van der Waals surface area contributed by atoms with Crippen molar-refractivity contribution in [2.24, 2.45) is 0 Å². The van der Waals surface area contributed by atoms with Gasteiger partial charge in [0, 0.05) is 49.3 Å². The van der Waals surface area contributed by atoms with Gasteiger partial charge < -0.3 is 19.0 Å². The van der Waals surface area contributed by atoms with Gasteiger partial charge in [-0.3, -0.25) is 4.79 Å². The Balaban J connectivity index is 1.55. The molecule has 0 radical (unpaired) electrons. The minimum atomic E-state index is -0.0485. The number of aromatic nitrogens is 2. The van der Waals surface area contributed by atoms with Gasteiger partial charge in [0.2, 0.25) is 0 Å². The molecule has 29 heavy (non-hydrogen) atoms. The molecule has 1 aliphatic rings. The third-order valence-corrected chi connectivity index (χ3v) is 5.50. The van der Waals surface area contributed by atoms with Crippen molar-refractivity contribution in [3.63, 3.8) is 0 Å². The van der Waals surface area contributed by atoms with E-state index in [9.17, 15) is 4.79 Å². The molecule has 0 aliphatic carbocycles. The SMILES string of the molecule is Cc1ccn2cc(-c3cc(=O)c4cc(N5CC(C)NC(C)C5)ccc4o3)nc2c1. The molecule has 4 aromatic rings. The Bertz CT molecular complexity index is 1260. The number of pyridine rings is 1. The van der Waals surface area contributed by atoms with Crippen LogP contribution in [-0.2, 0) is 0 Å². The number of nitrogens with zero attached hydrogens (tertiary/aromatic N) is 3. The van der Waals surface area contributed by atoms with Crippen LogP contribution < -0.4 is 15.6 Å². The van der Waals surface area contributed by atoms with Crippen molar-refractivity contribution < 1.29 is 4.42 Å². The fraction of sp³-hybridized carbons (Fsp3) is 0.304.